The zero-order chi connectivity index (χ0) is 19.3. The minimum atomic E-state index is -4.56. The van der Waals surface area contributed by atoms with Gasteiger partial charge in [-0.05, 0) is 32.3 Å². The van der Waals surface area contributed by atoms with Crippen LogP contribution >= 0.6 is 11.6 Å². The minimum Gasteiger partial charge on any atom is -0.349 e. The summed E-state index contributed by atoms with van der Waals surface area (Å²) in [7, 11) is 3.76. The van der Waals surface area contributed by atoms with Crippen molar-refractivity contribution in [1.82, 2.24) is 20.2 Å². The number of nitrogens with one attached hydrogen (secondary N) is 2. The first-order valence-electron chi connectivity index (χ1n) is 7.55. The molecule has 0 radical (unpaired) electrons. The van der Waals surface area contributed by atoms with Gasteiger partial charge in [-0.1, -0.05) is 11.6 Å². The number of amides is 1. The molecular weight excluding hydrogens is 371 g/mol. The van der Waals surface area contributed by atoms with Crippen molar-refractivity contribution in [3.05, 3.63) is 46.9 Å². The van der Waals surface area contributed by atoms with Gasteiger partial charge in [-0.15, -0.1) is 0 Å². The fraction of sp³-hybridized carbons (Fsp3) is 0.312. The predicted molar refractivity (Wildman–Crippen MR) is 92.7 cm³/mol. The highest BCUT2D eigenvalue weighted by Gasteiger charge is 2.33. The van der Waals surface area contributed by atoms with E-state index < -0.39 is 11.7 Å². The third-order valence-corrected chi connectivity index (χ3v) is 3.60. The Morgan fingerprint density at radius 2 is 1.96 bits per heavy atom. The lowest BCUT2D eigenvalue weighted by atomic mass is 10.2. The van der Waals surface area contributed by atoms with Crippen molar-refractivity contribution in [2.45, 2.75) is 6.18 Å². The number of rotatable bonds is 6. The number of halogens is 4. The Morgan fingerprint density at radius 1 is 1.23 bits per heavy atom. The van der Waals surface area contributed by atoms with Crippen LogP contribution < -0.4 is 10.6 Å². The van der Waals surface area contributed by atoms with Gasteiger partial charge < -0.3 is 15.5 Å². The van der Waals surface area contributed by atoms with E-state index in [4.69, 9.17) is 11.6 Å². The third kappa shape index (κ3) is 5.57. The second kappa shape index (κ2) is 8.33. The van der Waals surface area contributed by atoms with Crippen LogP contribution in [-0.4, -0.2) is 48.0 Å². The standard InChI is InChI=1S/C16H17ClF3N5O/c1-25(2)6-5-21-15(26)13-8-23-14(9-22-13)24-10-3-4-12(17)11(7-10)16(18,19)20/h3-4,7-9H,5-6H2,1-2H3,(H,21,26)(H,23,24). The maximum Gasteiger partial charge on any atom is 0.417 e. The third-order valence-electron chi connectivity index (χ3n) is 3.27. The molecule has 2 aromatic rings. The molecule has 0 saturated carbocycles. The summed E-state index contributed by atoms with van der Waals surface area (Å²) in [6.45, 7) is 1.13. The van der Waals surface area contributed by atoms with Crippen molar-refractivity contribution in [2.24, 2.45) is 0 Å². The Balaban J connectivity index is 2.04. The summed E-state index contributed by atoms with van der Waals surface area (Å²) in [5, 5.41) is 4.99. The van der Waals surface area contributed by atoms with E-state index in [2.05, 4.69) is 20.6 Å². The fourth-order valence-electron chi connectivity index (χ4n) is 1.96. The molecule has 2 rings (SSSR count). The van der Waals surface area contributed by atoms with Gasteiger partial charge in [0.1, 0.15) is 11.5 Å². The van der Waals surface area contributed by atoms with E-state index in [9.17, 15) is 18.0 Å². The lowest BCUT2D eigenvalue weighted by molar-refractivity contribution is -0.137. The number of alkyl halides is 3. The molecule has 0 unspecified atom stereocenters. The number of benzene rings is 1. The van der Waals surface area contributed by atoms with Gasteiger partial charge >= 0.3 is 6.18 Å². The van der Waals surface area contributed by atoms with E-state index in [0.717, 1.165) is 12.1 Å². The molecule has 1 aromatic heterocycles. The van der Waals surface area contributed by atoms with E-state index >= 15 is 0 Å². The van der Waals surface area contributed by atoms with E-state index in [1.807, 2.05) is 19.0 Å². The maximum absolute atomic E-state index is 12.9. The number of hydrogen-bond donors (Lipinski definition) is 2. The summed E-state index contributed by atoms with van der Waals surface area (Å²) < 4.78 is 38.6. The maximum atomic E-state index is 12.9. The molecule has 0 aliphatic heterocycles. The molecule has 2 N–H and O–H groups in total. The first kappa shape index (κ1) is 19.9. The van der Waals surface area contributed by atoms with Crippen molar-refractivity contribution in [3.8, 4) is 0 Å². The van der Waals surface area contributed by atoms with Crippen LogP contribution in [0.2, 0.25) is 5.02 Å². The van der Waals surface area contributed by atoms with Crippen LogP contribution in [0, 0.1) is 0 Å². The van der Waals surface area contributed by atoms with Gasteiger partial charge in [0.15, 0.2) is 0 Å². The number of carbonyl (C=O) groups is 1. The molecule has 0 aliphatic carbocycles. The average Bonchev–Trinajstić information content (AvgIpc) is 2.56. The van der Waals surface area contributed by atoms with Gasteiger partial charge in [-0.3, -0.25) is 4.79 Å². The Hall–Kier alpha value is -2.39. The molecule has 26 heavy (non-hydrogen) atoms. The van der Waals surface area contributed by atoms with Crippen molar-refractivity contribution >= 4 is 29.0 Å². The van der Waals surface area contributed by atoms with Crippen LogP contribution in [-0.2, 0) is 6.18 Å². The lowest BCUT2D eigenvalue weighted by Gasteiger charge is -2.12. The lowest BCUT2D eigenvalue weighted by Crippen LogP contribution is -2.31. The SMILES string of the molecule is CN(C)CCNC(=O)c1cnc(Nc2ccc(Cl)c(C(F)(F)F)c2)cn1. The largest absolute Gasteiger partial charge is 0.417 e. The number of aromatic nitrogens is 2. The van der Waals surface area contributed by atoms with Crippen molar-refractivity contribution < 1.29 is 18.0 Å². The van der Waals surface area contributed by atoms with Crippen molar-refractivity contribution in [3.63, 3.8) is 0 Å². The van der Waals surface area contributed by atoms with Crippen molar-refractivity contribution in [2.75, 3.05) is 32.5 Å². The molecule has 1 heterocycles. The average molecular weight is 388 g/mol. The first-order valence-corrected chi connectivity index (χ1v) is 7.93. The Labute approximate surface area is 153 Å². The Morgan fingerprint density at radius 3 is 2.54 bits per heavy atom. The monoisotopic (exact) mass is 387 g/mol. The zero-order valence-corrected chi connectivity index (χ0v) is 14.8. The van der Waals surface area contributed by atoms with E-state index in [1.165, 1.54) is 18.5 Å². The topological polar surface area (TPSA) is 70.2 Å². The molecule has 1 aromatic carbocycles. The van der Waals surface area contributed by atoms with Crippen LogP contribution in [0.15, 0.2) is 30.6 Å². The normalized spacial score (nSPS) is 11.5. The van der Waals surface area contributed by atoms with Crippen LogP contribution in [0.5, 0.6) is 0 Å². The molecule has 0 atom stereocenters. The van der Waals surface area contributed by atoms with E-state index in [-0.39, 0.29) is 28.1 Å². The Bertz CT molecular complexity index is 765. The van der Waals surface area contributed by atoms with Crippen LogP contribution in [0.4, 0.5) is 24.7 Å². The smallest absolute Gasteiger partial charge is 0.349 e. The molecule has 1 amide bonds. The molecule has 0 saturated heterocycles. The van der Waals surface area contributed by atoms with Gasteiger partial charge in [0, 0.05) is 18.8 Å². The second-order valence-electron chi connectivity index (χ2n) is 5.66. The highest BCUT2D eigenvalue weighted by molar-refractivity contribution is 6.31. The van der Waals surface area contributed by atoms with Crippen LogP contribution in [0.3, 0.4) is 0 Å². The van der Waals surface area contributed by atoms with E-state index in [0.29, 0.717) is 13.1 Å². The first-order chi connectivity index (χ1) is 12.2. The summed E-state index contributed by atoms with van der Waals surface area (Å²) in [5.41, 5.74) is -0.686. The second-order valence-corrected chi connectivity index (χ2v) is 6.07. The summed E-state index contributed by atoms with van der Waals surface area (Å²) >= 11 is 5.58. The van der Waals surface area contributed by atoms with Gasteiger partial charge in [0.2, 0.25) is 0 Å². The summed E-state index contributed by atoms with van der Waals surface area (Å²) in [5.74, 6) is -0.179. The summed E-state index contributed by atoms with van der Waals surface area (Å²) in [6, 6.07) is 3.42. The molecule has 0 bridgehead atoms. The predicted octanol–water partition coefficient (Wildman–Crippen LogP) is 3.18. The quantitative estimate of drug-likeness (QED) is 0.796. The highest BCUT2D eigenvalue weighted by Crippen LogP contribution is 2.36. The number of likely N-dealkylation sites (N-methyl/N-ethyl adjacent to an activating group) is 1. The summed E-state index contributed by atoms with van der Waals surface area (Å²) in [4.78, 5) is 21.8. The zero-order valence-electron chi connectivity index (χ0n) is 14.1. The van der Waals surface area contributed by atoms with E-state index in [1.54, 1.807) is 0 Å². The number of carbonyl (C=O) groups excluding carboxylic acids is 1. The number of nitrogens with zero attached hydrogens (tertiary/aromatic N) is 3. The molecule has 0 aliphatic rings. The molecule has 6 nitrogen and oxygen atoms in total. The van der Waals surface area contributed by atoms with Gasteiger partial charge in [0.05, 0.1) is 23.0 Å². The van der Waals surface area contributed by atoms with Crippen LogP contribution in [0.1, 0.15) is 16.1 Å². The number of hydrogen-bond acceptors (Lipinski definition) is 5. The van der Waals surface area contributed by atoms with Crippen molar-refractivity contribution in [1.29, 1.82) is 0 Å². The molecule has 0 fully saturated rings. The molecular formula is C16H17ClF3N5O. The highest BCUT2D eigenvalue weighted by atomic mass is 35.5. The summed E-state index contributed by atoms with van der Waals surface area (Å²) in [6.07, 6.45) is -2.05. The minimum absolute atomic E-state index is 0.112. The van der Waals surface area contributed by atoms with Gasteiger partial charge in [0.25, 0.3) is 5.91 Å². The number of anilines is 2. The molecule has 0 spiro atoms. The molecule has 140 valence electrons. The molecule has 10 heteroatoms. The fourth-order valence-corrected chi connectivity index (χ4v) is 2.19. The van der Waals surface area contributed by atoms with Crippen LogP contribution in [0.25, 0.3) is 0 Å². The van der Waals surface area contributed by atoms with Gasteiger partial charge in [-0.2, -0.15) is 13.2 Å². The van der Waals surface area contributed by atoms with Gasteiger partial charge in [-0.25, -0.2) is 9.97 Å². The Kier molecular flexibility index (Phi) is 6.38.